The molecule has 0 amide bonds. The summed E-state index contributed by atoms with van der Waals surface area (Å²) in [7, 11) is 0. The molecule has 5 aliphatic carbocycles. The van der Waals surface area contributed by atoms with Gasteiger partial charge in [0.05, 0.1) is 43.7 Å². The van der Waals surface area contributed by atoms with Crippen LogP contribution < -0.4 is 0 Å². The Hall–Kier alpha value is -0.560. The van der Waals surface area contributed by atoms with Crippen molar-refractivity contribution in [3.8, 4) is 0 Å². The van der Waals surface area contributed by atoms with Crippen LogP contribution in [-0.4, -0.2) is 146 Å². The van der Waals surface area contributed by atoms with E-state index < -0.39 is 86.0 Å². The van der Waals surface area contributed by atoms with Crippen LogP contribution in [0.5, 0.6) is 0 Å². The molecule has 2 spiro atoms. The van der Waals surface area contributed by atoms with Crippen molar-refractivity contribution in [1.29, 1.82) is 0 Å². The van der Waals surface area contributed by atoms with Gasteiger partial charge in [-0.3, -0.25) is 0 Å². The fourth-order valence-electron chi connectivity index (χ4n) is 14.3. The number of rotatable bonds is 5. The lowest BCUT2D eigenvalue weighted by Crippen LogP contribution is -2.62. The maximum absolute atomic E-state index is 12.1. The highest BCUT2D eigenvalue weighted by atomic mass is 16.7. The quantitative estimate of drug-likeness (QED) is 0.186. The normalized spacial score (nSPS) is 64.1. The summed E-state index contributed by atoms with van der Waals surface area (Å²) in [6.45, 7) is 10.4. The third-order valence-electron chi connectivity index (χ3n) is 17.3. The molecule has 14 nitrogen and oxygen atoms in total. The monoisotopic (exact) mass is 754 g/mol. The minimum absolute atomic E-state index is 0.0203. The van der Waals surface area contributed by atoms with Gasteiger partial charge in [-0.25, -0.2) is 0 Å². The summed E-state index contributed by atoms with van der Waals surface area (Å²) in [4.78, 5) is 0. The molecule has 0 radical (unpaired) electrons. The maximum Gasteiger partial charge on any atom is 0.186 e. The van der Waals surface area contributed by atoms with Gasteiger partial charge in [-0.05, 0) is 80.5 Å². The van der Waals surface area contributed by atoms with E-state index in [0.717, 1.165) is 38.5 Å². The highest BCUT2D eigenvalue weighted by Gasteiger charge is 2.81. The molecule has 0 aromatic rings. The second-order valence-electron chi connectivity index (χ2n) is 19.3. The van der Waals surface area contributed by atoms with E-state index in [1.807, 2.05) is 6.92 Å². The van der Waals surface area contributed by atoms with Crippen LogP contribution in [0.4, 0.5) is 0 Å². The van der Waals surface area contributed by atoms with E-state index >= 15 is 0 Å². The van der Waals surface area contributed by atoms with Crippen LogP contribution in [0.15, 0.2) is 0 Å². The fraction of sp³-hybridized carbons (Fsp3) is 1.00. The van der Waals surface area contributed by atoms with Gasteiger partial charge in [0.15, 0.2) is 18.4 Å². The first-order valence-electron chi connectivity index (χ1n) is 20.3. The zero-order chi connectivity index (χ0) is 37.7. The molecule has 302 valence electrons. The van der Waals surface area contributed by atoms with Crippen molar-refractivity contribution in [2.45, 2.75) is 171 Å². The van der Waals surface area contributed by atoms with E-state index in [0.29, 0.717) is 30.8 Å². The van der Waals surface area contributed by atoms with Gasteiger partial charge in [0, 0.05) is 29.1 Å². The average molecular weight is 755 g/mol. The molecule has 4 saturated heterocycles. The van der Waals surface area contributed by atoms with E-state index in [1.165, 1.54) is 0 Å². The van der Waals surface area contributed by atoms with Crippen molar-refractivity contribution >= 4 is 0 Å². The summed E-state index contributed by atoms with van der Waals surface area (Å²) in [5.74, 6) is 0.453. The lowest BCUT2D eigenvalue weighted by molar-refractivity contribution is -0.344. The zero-order valence-electron chi connectivity index (χ0n) is 31.5. The van der Waals surface area contributed by atoms with Gasteiger partial charge < -0.3 is 69.3 Å². The van der Waals surface area contributed by atoms with Crippen LogP contribution in [0.3, 0.4) is 0 Å². The first-order valence-corrected chi connectivity index (χ1v) is 20.3. The summed E-state index contributed by atoms with van der Waals surface area (Å²) in [6.07, 6.45) is -7.93. The van der Waals surface area contributed by atoms with Crippen molar-refractivity contribution in [3.05, 3.63) is 0 Å². The molecule has 9 aliphatic rings. The molecule has 5 saturated carbocycles. The highest BCUT2D eigenvalue weighted by molar-refractivity contribution is 5.29. The Morgan fingerprint density at radius 3 is 2.17 bits per heavy atom. The zero-order valence-corrected chi connectivity index (χ0v) is 31.5. The smallest absolute Gasteiger partial charge is 0.186 e. The molecule has 14 heteroatoms. The molecule has 9 fully saturated rings. The Morgan fingerprint density at radius 2 is 1.45 bits per heavy atom. The largest absolute Gasteiger partial charge is 0.394 e. The number of hydrogen-bond donors (Lipinski definition) is 8. The second kappa shape index (κ2) is 12.7. The molecular formula is C39H62O14. The molecule has 2 unspecified atom stereocenters. The third kappa shape index (κ3) is 5.07. The molecule has 0 bridgehead atoms. The van der Waals surface area contributed by atoms with Gasteiger partial charge in [-0.15, -0.1) is 0 Å². The number of ether oxygens (including phenoxy) is 6. The first kappa shape index (κ1) is 38.0. The molecular weight excluding hydrogens is 692 g/mol. The SMILES string of the molecule is CC1C2[C@H](C[C@H]3[C@@H]4C[C@@H](O)[C@]56C[C@@H]5C[C@@H](O[C@@H]5O[C@H](C)[C@H](O)[C@H](O)[C@H]5O)[C@]6(C)[C@H]4CC[C@]23C)O[C@]12C[C@H](O[C@@H]1O[C@H](CO)[C@@H](O)[C@H](O)[C@H]1O)[C@H](C)CO2. The topological polar surface area (TPSA) is 217 Å². The minimum atomic E-state index is -1.52. The molecule has 9 rings (SSSR count). The van der Waals surface area contributed by atoms with E-state index in [9.17, 15) is 40.9 Å². The number of aliphatic hydroxyl groups excluding tert-OH is 8. The minimum Gasteiger partial charge on any atom is -0.394 e. The van der Waals surface area contributed by atoms with Crippen LogP contribution in [0, 0.1) is 57.7 Å². The van der Waals surface area contributed by atoms with E-state index in [-0.39, 0.29) is 52.1 Å². The molecule has 4 aliphatic heterocycles. The highest BCUT2D eigenvalue weighted by Crippen LogP contribution is 2.82. The van der Waals surface area contributed by atoms with E-state index in [2.05, 4.69) is 20.8 Å². The Morgan fingerprint density at radius 1 is 0.755 bits per heavy atom. The number of aliphatic hydroxyl groups is 8. The van der Waals surface area contributed by atoms with Crippen LogP contribution in [0.1, 0.15) is 79.6 Å². The molecule has 25 atom stereocenters. The van der Waals surface area contributed by atoms with Crippen LogP contribution >= 0.6 is 0 Å². The Bertz CT molecular complexity index is 1400. The van der Waals surface area contributed by atoms with Crippen molar-refractivity contribution in [1.82, 2.24) is 0 Å². The van der Waals surface area contributed by atoms with Crippen LogP contribution in [-0.2, 0) is 28.4 Å². The summed E-state index contributed by atoms with van der Waals surface area (Å²) in [5.41, 5.74) is -0.649. The Labute approximate surface area is 311 Å². The third-order valence-corrected chi connectivity index (χ3v) is 17.3. The maximum atomic E-state index is 12.1. The summed E-state index contributed by atoms with van der Waals surface area (Å²) < 4.78 is 38.3. The van der Waals surface area contributed by atoms with Gasteiger partial charge in [-0.2, -0.15) is 0 Å². The Kier molecular flexibility index (Phi) is 9.12. The lowest BCUT2D eigenvalue weighted by atomic mass is 9.44. The van der Waals surface area contributed by atoms with Gasteiger partial charge in [0.25, 0.3) is 0 Å². The lowest BCUT2D eigenvalue weighted by Gasteiger charge is -2.62. The second-order valence-corrected chi connectivity index (χ2v) is 19.3. The predicted octanol–water partition coefficient (Wildman–Crippen LogP) is 0.0213. The average Bonchev–Trinajstić information content (AvgIpc) is 3.59. The molecule has 4 heterocycles. The van der Waals surface area contributed by atoms with Crippen LogP contribution in [0.2, 0.25) is 0 Å². The number of fused-ring (bicyclic) bond motifs is 6. The van der Waals surface area contributed by atoms with Crippen molar-refractivity contribution < 1.29 is 69.3 Å². The molecule has 53 heavy (non-hydrogen) atoms. The number of hydrogen-bond acceptors (Lipinski definition) is 14. The van der Waals surface area contributed by atoms with Gasteiger partial charge in [0.2, 0.25) is 0 Å². The van der Waals surface area contributed by atoms with Gasteiger partial charge in [0.1, 0.15) is 42.7 Å². The summed E-state index contributed by atoms with van der Waals surface area (Å²) in [6, 6.07) is 0. The van der Waals surface area contributed by atoms with Gasteiger partial charge in [-0.1, -0.05) is 27.7 Å². The molecule has 8 N–H and O–H groups in total. The Balaban J connectivity index is 0.933. The first-order chi connectivity index (χ1) is 25.0. The molecule has 0 aromatic heterocycles. The summed E-state index contributed by atoms with van der Waals surface area (Å²) >= 11 is 0. The van der Waals surface area contributed by atoms with E-state index in [1.54, 1.807) is 6.92 Å². The molecule has 0 aromatic carbocycles. The fourth-order valence-corrected chi connectivity index (χ4v) is 14.3. The van der Waals surface area contributed by atoms with Gasteiger partial charge >= 0.3 is 0 Å². The predicted molar refractivity (Wildman–Crippen MR) is 182 cm³/mol. The standard InChI is InChI=1S/C39H62O14/c1-15-14-48-39(12-23(15)50-35-33(47)31(45)29(43)24(13-40)51-35)16(2)27-22(53-39)10-21-19-9-25(41)38-11-18(38)8-26(37(38,5)20(19)6-7-36(21,27)4)52-34-32(46)30(44)28(42)17(3)49-34/h15-35,40-47H,6-14H2,1-5H3/t15-,16?,17-,18+,19-,20+,21+,22+,23+,24-,25-,26-,27?,28+,29-,30+,31+,32-,33-,34+,35-,36+,37+,38+,39-/m1/s1. The van der Waals surface area contributed by atoms with Crippen molar-refractivity contribution in [2.75, 3.05) is 13.2 Å². The van der Waals surface area contributed by atoms with Crippen LogP contribution in [0.25, 0.3) is 0 Å². The van der Waals surface area contributed by atoms with Crippen molar-refractivity contribution in [2.24, 2.45) is 57.7 Å². The van der Waals surface area contributed by atoms with Crippen molar-refractivity contribution in [3.63, 3.8) is 0 Å². The summed E-state index contributed by atoms with van der Waals surface area (Å²) in [5, 5.41) is 84.9. The van der Waals surface area contributed by atoms with E-state index in [4.69, 9.17) is 28.4 Å².